The fourth-order valence-electron chi connectivity index (χ4n) is 2.97. The lowest BCUT2D eigenvalue weighted by Crippen LogP contribution is -2.04. The average molecular weight is 190 g/mol. The van der Waals surface area contributed by atoms with Gasteiger partial charge < -0.3 is 0 Å². The molecule has 2 rings (SSSR count). The Labute approximate surface area is 88.1 Å². The summed E-state index contributed by atoms with van der Waals surface area (Å²) in [7, 11) is 0. The maximum absolute atomic E-state index is 2.40. The molecule has 0 saturated heterocycles. The molecule has 2 aliphatic rings. The molecule has 0 nitrogen and oxygen atoms in total. The smallest absolute Gasteiger partial charge is 0.0162 e. The number of rotatable bonds is 4. The second-order valence-corrected chi connectivity index (χ2v) is 4.80. The van der Waals surface area contributed by atoms with Crippen molar-refractivity contribution < 1.29 is 0 Å². The third-order valence-corrected chi connectivity index (χ3v) is 3.81. The van der Waals surface area contributed by atoms with E-state index in [9.17, 15) is 0 Å². The van der Waals surface area contributed by atoms with Gasteiger partial charge in [0.25, 0.3) is 0 Å². The molecule has 0 spiro atoms. The molecule has 0 bridgehead atoms. The highest BCUT2D eigenvalue weighted by Gasteiger charge is 2.29. The van der Waals surface area contributed by atoms with Crippen LogP contribution in [0, 0.1) is 11.8 Å². The third kappa shape index (κ3) is 2.10. The predicted octanol–water partition coefficient (Wildman–Crippen LogP) is 4.48. The van der Waals surface area contributed by atoms with Crippen LogP contribution in [-0.2, 0) is 0 Å². The molecule has 0 N–H and O–H groups in total. The van der Waals surface area contributed by atoms with Gasteiger partial charge in [0.15, 0.2) is 0 Å². The van der Waals surface area contributed by atoms with Crippen molar-refractivity contribution >= 4 is 0 Å². The quantitative estimate of drug-likeness (QED) is 0.573. The van der Waals surface area contributed by atoms with Crippen molar-refractivity contribution in [3.05, 3.63) is 23.8 Å². The van der Waals surface area contributed by atoms with Gasteiger partial charge in [-0.15, -0.1) is 0 Å². The fourth-order valence-corrected chi connectivity index (χ4v) is 2.97. The lowest BCUT2D eigenvalue weighted by Gasteiger charge is -2.17. The summed E-state index contributed by atoms with van der Waals surface area (Å²) < 4.78 is 0. The molecule has 2 unspecified atom stereocenters. The van der Waals surface area contributed by atoms with E-state index in [4.69, 9.17) is 0 Å². The second-order valence-electron chi connectivity index (χ2n) is 4.80. The van der Waals surface area contributed by atoms with E-state index < -0.39 is 0 Å². The zero-order chi connectivity index (χ0) is 9.80. The van der Waals surface area contributed by atoms with Gasteiger partial charge in [-0.2, -0.15) is 0 Å². The molecule has 0 aliphatic heterocycles. The summed E-state index contributed by atoms with van der Waals surface area (Å²) in [6.45, 7) is 2.29. The van der Waals surface area contributed by atoms with E-state index in [0.29, 0.717) is 0 Å². The van der Waals surface area contributed by atoms with Gasteiger partial charge in [-0.25, -0.2) is 0 Å². The van der Waals surface area contributed by atoms with E-state index in [0.717, 1.165) is 11.8 Å². The van der Waals surface area contributed by atoms with E-state index in [2.05, 4.69) is 25.2 Å². The molecule has 0 heterocycles. The topological polar surface area (TPSA) is 0 Å². The number of fused-ring (bicyclic) bond motifs is 1. The van der Waals surface area contributed by atoms with Crippen molar-refractivity contribution in [3.63, 3.8) is 0 Å². The van der Waals surface area contributed by atoms with Gasteiger partial charge >= 0.3 is 0 Å². The molecule has 78 valence electrons. The van der Waals surface area contributed by atoms with Crippen molar-refractivity contribution in [3.8, 4) is 0 Å². The summed E-state index contributed by atoms with van der Waals surface area (Å²) in [5.74, 6) is 1.86. The summed E-state index contributed by atoms with van der Waals surface area (Å²) in [6, 6.07) is 0. The van der Waals surface area contributed by atoms with Crippen LogP contribution in [0.25, 0.3) is 0 Å². The van der Waals surface area contributed by atoms with Crippen LogP contribution in [0.1, 0.15) is 51.9 Å². The van der Waals surface area contributed by atoms with Gasteiger partial charge in [0.05, 0.1) is 0 Å². The van der Waals surface area contributed by atoms with Gasteiger partial charge in [0, 0.05) is 0 Å². The normalized spacial score (nSPS) is 30.2. The minimum atomic E-state index is 0.923. The first-order chi connectivity index (χ1) is 6.92. The zero-order valence-electron chi connectivity index (χ0n) is 9.34. The molecule has 0 aromatic heterocycles. The van der Waals surface area contributed by atoms with Crippen LogP contribution in [-0.4, -0.2) is 0 Å². The van der Waals surface area contributed by atoms with Crippen LogP contribution >= 0.6 is 0 Å². The first-order valence-corrected chi connectivity index (χ1v) is 6.28. The number of unbranched alkanes of at least 4 members (excludes halogenated alkanes) is 2. The van der Waals surface area contributed by atoms with E-state index in [1.54, 1.807) is 5.57 Å². The fraction of sp³-hybridized carbons (Fsp3) is 0.714. The van der Waals surface area contributed by atoms with Crippen molar-refractivity contribution in [2.24, 2.45) is 11.8 Å². The van der Waals surface area contributed by atoms with Crippen LogP contribution in [0.15, 0.2) is 23.8 Å². The zero-order valence-corrected chi connectivity index (χ0v) is 9.34. The highest BCUT2D eigenvalue weighted by molar-refractivity contribution is 5.26. The maximum Gasteiger partial charge on any atom is -0.0162 e. The Balaban J connectivity index is 1.87. The Kier molecular flexibility index (Phi) is 3.44. The van der Waals surface area contributed by atoms with Gasteiger partial charge in [0.2, 0.25) is 0 Å². The van der Waals surface area contributed by atoms with Crippen molar-refractivity contribution in [1.29, 1.82) is 0 Å². The van der Waals surface area contributed by atoms with Crippen molar-refractivity contribution in [2.45, 2.75) is 51.9 Å². The maximum atomic E-state index is 2.40. The van der Waals surface area contributed by atoms with Gasteiger partial charge in [-0.05, 0) is 37.5 Å². The Hall–Kier alpha value is -0.520. The first kappa shape index (κ1) is 10.0. The molecule has 1 fully saturated rings. The molecule has 0 aromatic rings. The summed E-state index contributed by atoms with van der Waals surface area (Å²) in [5.41, 5.74) is 1.78. The standard InChI is InChI=1S/C14H22/c1-2-3-4-7-12-10-11-13-8-5-6-9-14(12)13/h5-6,9,12-13H,2-4,7-8,10-11H2,1H3. The largest absolute Gasteiger partial charge is 0.0839 e. The van der Waals surface area contributed by atoms with Crippen LogP contribution < -0.4 is 0 Å². The highest BCUT2D eigenvalue weighted by atomic mass is 14.3. The molecular weight excluding hydrogens is 168 g/mol. The SMILES string of the molecule is CCCCCC1CCC2CC=CC=C21. The monoisotopic (exact) mass is 190 g/mol. The molecule has 1 saturated carbocycles. The average Bonchev–Trinajstić information content (AvgIpc) is 2.63. The van der Waals surface area contributed by atoms with Crippen molar-refractivity contribution in [2.75, 3.05) is 0 Å². The van der Waals surface area contributed by atoms with Crippen LogP contribution in [0.3, 0.4) is 0 Å². The molecule has 2 aliphatic carbocycles. The summed E-state index contributed by atoms with van der Waals surface area (Å²) in [5, 5.41) is 0. The lowest BCUT2D eigenvalue weighted by molar-refractivity contribution is 0.526. The summed E-state index contributed by atoms with van der Waals surface area (Å²) in [6.07, 6.45) is 16.9. The van der Waals surface area contributed by atoms with E-state index in [1.165, 1.54) is 44.9 Å². The number of hydrogen-bond acceptors (Lipinski definition) is 0. The Morgan fingerprint density at radius 2 is 2.21 bits per heavy atom. The van der Waals surface area contributed by atoms with Crippen LogP contribution in [0.4, 0.5) is 0 Å². The van der Waals surface area contributed by atoms with E-state index in [1.807, 2.05) is 0 Å². The number of hydrogen-bond donors (Lipinski definition) is 0. The molecule has 0 aromatic carbocycles. The second kappa shape index (κ2) is 4.82. The predicted molar refractivity (Wildman–Crippen MR) is 62.2 cm³/mol. The van der Waals surface area contributed by atoms with Crippen molar-refractivity contribution in [1.82, 2.24) is 0 Å². The molecule has 14 heavy (non-hydrogen) atoms. The van der Waals surface area contributed by atoms with Crippen LogP contribution in [0.5, 0.6) is 0 Å². The Morgan fingerprint density at radius 3 is 3.07 bits per heavy atom. The van der Waals surface area contributed by atoms with Crippen LogP contribution in [0.2, 0.25) is 0 Å². The minimum Gasteiger partial charge on any atom is -0.0839 e. The lowest BCUT2D eigenvalue weighted by atomic mass is 9.88. The van der Waals surface area contributed by atoms with Gasteiger partial charge in [0.1, 0.15) is 0 Å². The Morgan fingerprint density at radius 1 is 1.29 bits per heavy atom. The number of allylic oxidation sites excluding steroid dienone is 4. The summed E-state index contributed by atoms with van der Waals surface area (Å²) >= 11 is 0. The van der Waals surface area contributed by atoms with Gasteiger partial charge in [-0.1, -0.05) is 50.0 Å². The molecule has 0 amide bonds. The Bertz CT molecular complexity index is 234. The molecule has 2 atom stereocenters. The highest BCUT2D eigenvalue weighted by Crippen LogP contribution is 2.42. The van der Waals surface area contributed by atoms with E-state index in [-0.39, 0.29) is 0 Å². The molecule has 0 radical (unpaired) electrons. The molecular formula is C14H22. The minimum absolute atomic E-state index is 0.923. The third-order valence-electron chi connectivity index (χ3n) is 3.81. The van der Waals surface area contributed by atoms with E-state index >= 15 is 0 Å². The summed E-state index contributed by atoms with van der Waals surface area (Å²) in [4.78, 5) is 0. The first-order valence-electron chi connectivity index (χ1n) is 6.28. The molecule has 0 heteroatoms. The van der Waals surface area contributed by atoms with Gasteiger partial charge in [-0.3, -0.25) is 0 Å².